The topological polar surface area (TPSA) is 228 Å². The van der Waals surface area contributed by atoms with E-state index in [1.165, 1.54) is 109 Å². The van der Waals surface area contributed by atoms with E-state index in [1.807, 2.05) is 0 Å². The first kappa shape index (κ1) is 54.1. The van der Waals surface area contributed by atoms with Gasteiger partial charge in [-0.15, -0.1) is 0 Å². The van der Waals surface area contributed by atoms with Gasteiger partial charge in [-0.1, -0.05) is 168 Å². The zero-order valence-electron chi connectivity index (χ0n) is 36.8. The first-order valence-electron chi connectivity index (χ1n) is 23.8. The molecular formula is C45H87NO13. The summed E-state index contributed by atoms with van der Waals surface area (Å²) in [6, 6.07) is -0.817. The summed E-state index contributed by atoms with van der Waals surface area (Å²) in [5, 5.41) is 86.2. The highest BCUT2D eigenvalue weighted by molar-refractivity contribution is 5.76. The predicted molar refractivity (Wildman–Crippen MR) is 226 cm³/mol. The van der Waals surface area contributed by atoms with Gasteiger partial charge in [0.2, 0.25) is 5.91 Å². The molecule has 350 valence electrons. The Morgan fingerprint density at radius 2 is 0.966 bits per heavy atom. The Morgan fingerprint density at radius 1 is 0.542 bits per heavy atom. The molecular weight excluding hydrogens is 762 g/mol. The van der Waals surface area contributed by atoms with Gasteiger partial charge in [-0.25, -0.2) is 0 Å². The quantitative estimate of drug-likeness (QED) is 0.0377. The minimum absolute atomic E-state index is 0.223. The smallest absolute Gasteiger partial charge is 0.220 e. The van der Waals surface area contributed by atoms with Gasteiger partial charge < -0.3 is 65.1 Å². The van der Waals surface area contributed by atoms with Crippen LogP contribution >= 0.6 is 0 Å². The summed E-state index contributed by atoms with van der Waals surface area (Å²) in [5.41, 5.74) is 0. The third kappa shape index (κ3) is 21.8. The number of amides is 1. The lowest BCUT2D eigenvalue weighted by Gasteiger charge is -2.46. The maximum absolute atomic E-state index is 12.9. The summed E-state index contributed by atoms with van der Waals surface area (Å²) in [4.78, 5) is 12.9. The van der Waals surface area contributed by atoms with Gasteiger partial charge in [0, 0.05) is 6.42 Å². The highest BCUT2D eigenvalue weighted by atomic mass is 16.7. The molecule has 59 heavy (non-hydrogen) atoms. The molecule has 0 bridgehead atoms. The first-order valence-corrected chi connectivity index (χ1v) is 23.8. The first-order chi connectivity index (χ1) is 28.6. The number of hydrogen-bond acceptors (Lipinski definition) is 13. The van der Waals surface area contributed by atoms with Crippen LogP contribution in [0, 0.1) is 0 Å². The zero-order valence-corrected chi connectivity index (χ0v) is 36.8. The van der Waals surface area contributed by atoms with E-state index in [2.05, 4.69) is 19.2 Å². The molecule has 2 heterocycles. The Morgan fingerprint density at radius 3 is 1.44 bits per heavy atom. The number of nitrogens with one attached hydrogen (secondary N) is 1. The van der Waals surface area contributed by atoms with Crippen LogP contribution in [-0.4, -0.2) is 140 Å². The molecule has 2 fully saturated rings. The molecule has 14 nitrogen and oxygen atoms in total. The largest absolute Gasteiger partial charge is 0.394 e. The molecule has 0 aromatic rings. The molecule has 12 atom stereocenters. The number of hydrogen-bond donors (Lipinski definition) is 9. The maximum atomic E-state index is 12.9. The van der Waals surface area contributed by atoms with Crippen LogP contribution in [0.25, 0.3) is 0 Å². The standard InChI is InChI=1S/C45H87NO13/c1-3-5-7-9-10-11-12-13-14-15-16-17-18-19-20-21-22-23-24-25-26-28-34(49)33(46-37(50)29-27-8-6-4-2)32-56-44-42(55)40(53)43(36(31-48)58-44)59-45-41(54)39(52)38(51)35(30-47)57-45/h33-36,38-45,47-49,51-55H,3-32H2,1-2H3,(H,46,50). The molecule has 1 amide bonds. The molecule has 0 spiro atoms. The monoisotopic (exact) mass is 850 g/mol. The van der Waals surface area contributed by atoms with Crippen LogP contribution in [0.1, 0.15) is 187 Å². The Bertz CT molecular complexity index is 1010. The molecule has 0 aliphatic carbocycles. The fourth-order valence-corrected chi connectivity index (χ4v) is 8.12. The van der Waals surface area contributed by atoms with Crippen LogP contribution in [-0.2, 0) is 23.7 Å². The molecule has 0 aromatic heterocycles. The van der Waals surface area contributed by atoms with Gasteiger partial charge in [-0.05, 0) is 12.8 Å². The van der Waals surface area contributed by atoms with Gasteiger partial charge in [-0.2, -0.15) is 0 Å². The molecule has 2 aliphatic heterocycles. The molecule has 0 radical (unpaired) electrons. The second-order valence-electron chi connectivity index (χ2n) is 17.2. The third-order valence-corrected chi connectivity index (χ3v) is 12.1. The van der Waals surface area contributed by atoms with Crippen molar-refractivity contribution in [3.8, 4) is 0 Å². The highest BCUT2D eigenvalue weighted by Crippen LogP contribution is 2.30. The molecule has 2 rings (SSSR count). The SMILES string of the molecule is CCCCCCCCCCCCCCCCCCCCCCCC(O)C(COC1OC(CO)C(OC2OC(CO)C(O)C(O)C2O)C(O)C1O)NC(=O)CCCCCC. The normalized spacial score (nSPS) is 28.4. The van der Waals surface area contributed by atoms with E-state index in [0.29, 0.717) is 19.3 Å². The van der Waals surface area contributed by atoms with E-state index in [1.54, 1.807) is 0 Å². The van der Waals surface area contributed by atoms with E-state index < -0.39 is 86.8 Å². The summed E-state index contributed by atoms with van der Waals surface area (Å²) < 4.78 is 22.6. The molecule has 2 aliphatic rings. The van der Waals surface area contributed by atoms with E-state index in [9.17, 15) is 45.6 Å². The molecule has 0 aromatic carbocycles. The fourth-order valence-electron chi connectivity index (χ4n) is 8.12. The van der Waals surface area contributed by atoms with Crippen molar-refractivity contribution in [2.75, 3.05) is 19.8 Å². The number of aliphatic hydroxyl groups excluding tert-OH is 8. The Kier molecular flexibility index (Phi) is 30.8. The van der Waals surface area contributed by atoms with E-state index >= 15 is 0 Å². The van der Waals surface area contributed by atoms with Gasteiger partial charge >= 0.3 is 0 Å². The molecule has 12 unspecified atom stereocenters. The maximum Gasteiger partial charge on any atom is 0.220 e. The minimum Gasteiger partial charge on any atom is -0.394 e. The molecule has 9 N–H and O–H groups in total. The second kappa shape index (κ2) is 33.5. The van der Waals surface area contributed by atoms with Crippen molar-refractivity contribution in [2.24, 2.45) is 0 Å². The van der Waals surface area contributed by atoms with Crippen LogP contribution in [0.3, 0.4) is 0 Å². The lowest BCUT2D eigenvalue weighted by atomic mass is 9.97. The number of carbonyl (C=O) groups is 1. The average Bonchev–Trinajstić information content (AvgIpc) is 3.23. The van der Waals surface area contributed by atoms with Crippen molar-refractivity contribution in [1.82, 2.24) is 5.32 Å². The number of carbonyl (C=O) groups excluding carboxylic acids is 1. The summed E-state index contributed by atoms with van der Waals surface area (Å²) in [6.07, 6.45) is 14.8. The predicted octanol–water partition coefficient (Wildman–Crippen LogP) is 5.05. The van der Waals surface area contributed by atoms with Crippen molar-refractivity contribution in [3.63, 3.8) is 0 Å². The number of unbranched alkanes of at least 4 members (excludes halogenated alkanes) is 23. The van der Waals surface area contributed by atoms with E-state index in [0.717, 1.165) is 44.9 Å². The van der Waals surface area contributed by atoms with Crippen molar-refractivity contribution in [1.29, 1.82) is 0 Å². The van der Waals surface area contributed by atoms with Crippen molar-refractivity contribution >= 4 is 5.91 Å². The number of aliphatic hydroxyl groups is 8. The van der Waals surface area contributed by atoms with Crippen LogP contribution in [0.4, 0.5) is 0 Å². The average molecular weight is 850 g/mol. The van der Waals surface area contributed by atoms with Gasteiger partial charge in [-0.3, -0.25) is 4.79 Å². The number of ether oxygens (including phenoxy) is 4. The van der Waals surface area contributed by atoms with Crippen LogP contribution < -0.4 is 5.32 Å². The lowest BCUT2D eigenvalue weighted by molar-refractivity contribution is -0.359. The van der Waals surface area contributed by atoms with Crippen LogP contribution in [0.2, 0.25) is 0 Å². The summed E-state index contributed by atoms with van der Waals surface area (Å²) in [6.45, 7) is 2.72. The lowest BCUT2D eigenvalue weighted by Crippen LogP contribution is -2.65. The van der Waals surface area contributed by atoms with Crippen LogP contribution in [0.5, 0.6) is 0 Å². The Hall–Kier alpha value is -1.01. The molecule has 0 saturated carbocycles. The minimum atomic E-state index is -1.78. The van der Waals surface area contributed by atoms with Gasteiger partial charge in [0.25, 0.3) is 0 Å². The second-order valence-corrected chi connectivity index (χ2v) is 17.2. The van der Waals surface area contributed by atoms with Gasteiger partial charge in [0.1, 0.15) is 48.8 Å². The van der Waals surface area contributed by atoms with Crippen molar-refractivity contribution in [2.45, 2.75) is 261 Å². The number of rotatable bonds is 36. The molecule has 2 saturated heterocycles. The van der Waals surface area contributed by atoms with Crippen LogP contribution in [0.15, 0.2) is 0 Å². The van der Waals surface area contributed by atoms with Gasteiger partial charge in [0.05, 0.1) is 32.0 Å². The third-order valence-electron chi connectivity index (χ3n) is 12.1. The summed E-state index contributed by atoms with van der Waals surface area (Å²) >= 11 is 0. The van der Waals surface area contributed by atoms with Gasteiger partial charge in [0.15, 0.2) is 12.6 Å². The Labute approximate surface area is 355 Å². The molecule has 14 heteroatoms. The summed E-state index contributed by atoms with van der Waals surface area (Å²) in [5.74, 6) is -0.223. The Balaban J connectivity index is 1.72. The van der Waals surface area contributed by atoms with Crippen molar-refractivity contribution < 1.29 is 64.6 Å². The summed E-state index contributed by atoms with van der Waals surface area (Å²) in [7, 11) is 0. The van der Waals surface area contributed by atoms with Crippen molar-refractivity contribution in [3.05, 3.63) is 0 Å². The zero-order chi connectivity index (χ0) is 43.3. The van der Waals surface area contributed by atoms with E-state index in [4.69, 9.17) is 18.9 Å². The fraction of sp³-hybridized carbons (Fsp3) is 0.978. The highest BCUT2D eigenvalue weighted by Gasteiger charge is 2.51. The van der Waals surface area contributed by atoms with E-state index in [-0.39, 0.29) is 12.5 Å².